The third kappa shape index (κ3) is 3.05. The molecule has 0 amide bonds. The van der Waals surface area contributed by atoms with Gasteiger partial charge < -0.3 is 5.32 Å². The van der Waals surface area contributed by atoms with Gasteiger partial charge in [-0.2, -0.15) is 0 Å². The van der Waals surface area contributed by atoms with Crippen molar-refractivity contribution in [3.05, 3.63) is 49.6 Å². The summed E-state index contributed by atoms with van der Waals surface area (Å²) in [7, 11) is 0. The summed E-state index contributed by atoms with van der Waals surface area (Å²) in [6, 6.07) is 9.20. The molecule has 1 aromatic carbocycles. The molecule has 0 unspecified atom stereocenters. The van der Waals surface area contributed by atoms with E-state index in [1.54, 1.807) is 29.5 Å². The first kappa shape index (κ1) is 12.1. The highest BCUT2D eigenvalue weighted by Crippen LogP contribution is 2.27. The zero-order valence-electron chi connectivity index (χ0n) is 8.14. The van der Waals surface area contributed by atoms with Crippen LogP contribution in [-0.2, 0) is 6.54 Å². The Bertz CT molecular complexity index is 496. The fourth-order valence-corrected chi connectivity index (χ4v) is 2.65. The highest BCUT2D eigenvalue weighted by molar-refractivity contribution is 7.16. The van der Waals surface area contributed by atoms with E-state index in [-0.39, 0.29) is 0 Å². The number of hydrogen-bond acceptors (Lipinski definition) is 2. The zero-order chi connectivity index (χ0) is 11.5. The predicted molar refractivity (Wildman–Crippen MR) is 73.1 cm³/mol. The van der Waals surface area contributed by atoms with Gasteiger partial charge in [0.15, 0.2) is 0 Å². The average Bonchev–Trinajstić information content (AvgIpc) is 2.66. The second-order valence-electron chi connectivity index (χ2n) is 3.18. The molecule has 5 heteroatoms. The molecule has 2 rings (SSSR count). The van der Waals surface area contributed by atoms with Crippen LogP contribution in [0.2, 0.25) is 14.4 Å². The van der Waals surface area contributed by atoms with Crippen molar-refractivity contribution in [2.24, 2.45) is 0 Å². The van der Waals surface area contributed by atoms with Crippen molar-refractivity contribution in [3.8, 4) is 0 Å². The van der Waals surface area contributed by atoms with Crippen LogP contribution >= 0.6 is 46.1 Å². The first-order valence-electron chi connectivity index (χ1n) is 4.58. The number of rotatable bonds is 3. The lowest BCUT2D eigenvalue weighted by molar-refractivity contribution is 1.19. The maximum Gasteiger partial charge on any atom is 0.0931 e. The minimum atomic E-state index is 0.659. The quantitative estimate of drug-likeness (QED) is 0.807. The lowest BCUT2D eigenvalue weighted by Crippen LogP contribution is -1.97. The number of halogens is 3. The first-order chi connectivity index (χ1) is 7.65. The average molecular weight is 293 g/mol. The maximum atomic E-state index is 6.02. The van der Waals surface area contributed by atoms with Crippen molar-refractivity contribution in [3.63, 3.8) is 0 Å². The van der Waals surface area contributed by atoms with Crippen LogP contribution in [-0.4, -0.2) is 0 Å². The Morgan fingerprint density at radius 2 is 1.88 bits per heavy atom. The highest BCUT2D eigenvalue weighted by atomic mass is 35.5. The molecule has 0 saturated heterocycles. The Morgan fingerprint density at radius 1 is 1.06 bits per heavy atom. The third-order valence-electron chi connectivity index (χ3n) is 2.01. The molecule has 0 aliphatic heterocycles. The summed E-state index contributed by atoms with van der Waals surface area (Å²) >= 11 is 19.3. The summed E-state index contributed by atoms with van der Waals surface area (Å²) < 4.78 is 0.786. The summed E-state index contributed by atoms with van der Waals surface area (Å²) in [6.45, 7) is 0.692. The van der Waals surface area contributed by atoms with Gasteiger partial charge in [-0.05, 0) is 30.3 Å². The summed E-state index contributed by atoms with van der Waals surface area (Å²) in [6.07, 6.45) is 0. The SMILES string of the molecule is Clc1ccc(Cl)c(NCc2ccc(Cl)s2)c1. The van der Waals surface area contributed by atoms with E-state index < -0.39 is 0 Å². The Labute approximate surface area is 113 Å². The Kier molecular flexibility index (Phi) is 3.98. The lowest BCUT2D eigenvalue weighted by Gasteiger charge is -2.07. The van der Waals surface area contributed by atoms with Crippen LogP contribution in [0.4, 0.5) is 5.69 Å². The molecule has 0 aliphatic rings. The number of hydrogen-bond donors (Lipinski definition) is 1. The normalized spacial score (nSPS) is 10.4. The van der Waals surface area contributed by atoms with Crippen LogP contribution in [0.1, 0.15) is 4.88 Å². The van der Waals surface area contributed by atoms with E-state index in [1.807, 2.05) is 12.1 Å². The van der Waals surface area contributed by atoms with Gasteiger partial charge in [-0.15, -0.1) is 11.3 Å². The van der Waals surface area contributed by atoms with Crippen molar-refractivity contribution in [2.45, 2.75) is 6.54 Å². The van der Waals surface area contributed by atoms with Crippen molar-refractivity contribution in [1.82, 2.24) is 0 Å². The molecular weight excluding hydrogens is 285 g/mol. The molecule has 16 heavy (non-hydrogen) atoms. The lowest BCUT2D eigenvalue weighted by atomic mass is 10.3. The molecule has 2 aromatic rings. The Morgan fingerprint density at radius 3 is 2.56 bits per heavy atom. The molecular formula is C11H8Cl3NS. The predicted octanol–water partition coefficient (Wildman–Crippen LogP) is 5.32. The summed E-state index contributed by atoms with van der Waals surface area (Å²) in [4.78, 5) is 1.15. The van der Waals surface area contributed by atoms with E-state index in [0.29, 0.717) is 16.6 Å². The van der Waals surface area contributed by atoms with Gasteiger partial charge in [-0.25, -0.2) is 0 Å². The summed E-state index contributed by atoms with van der Waals surface area (Å²) in [5.41, 5.74) is 0.832. The Balaban J connectivity index is 2.07. The topological polar surface area (TPSA) is 12.0 Å². The zero-order valence-corrected chi connectivity index (χ0v) is 11.2. The third-order valence-corrected chi connectivity index (χ3v) is 3.81. The second kappa shape index (κ2) is 5.28. The molecule has 0 aliphatic carbocycles. The van der Waals surface area contributed by atoms with Crippen LogP contribution in [0.5, 0.6) is 0 Å². The van der Waals surface area contributed by atoms with Gasteiger partial charge in [-0.1, -0.05) is 34.8 Å². The van der Waals surface area contributed by atoms with E-state index in [9.17, 15) is 0 Å². The Hall–Kier alpha value is -0.410. The standard InChI is InChI=1S/C11H8Cl3NS/c12-7-1-3-9(13)10(5-7)15-6-8-2-4-11(14)16-8/h1-5,15H,6H2. The van der Waals surface area contributed by atoms with Crippen molar-refractivity contribution < 1.29 is 0 Å². The van der Waals surface area contributed by atoms with E-state index in [2.05, 4.69) is 5.32 Å². The fourth-order valence-electron chi connectivity index (χ4n) is 1.26. The van der Waals surface area contributed by atoms with E-state index in [4.69, 9.17) is 34.8 Å². The molecule has 1 aromatic heterocycles. The summed E-state index contributed by atoms with van der Waals surface area (Å²) in [5, 5.41) is 4.54. The van der Waals surface area contributed by atoms with Crippen LogP contribution in [0.25, 0.3) is 0 Å². The van der Waals surface area contributed by atoms with Crippen LogP contribution in [0, 0.1) is 0 Å². The van der Waals surface area contributed by atoms with Crippen LogP contribution in [0.3, 0.4) is 0 Å². The smallest absolute Gasteiger partial charge is 0.0931 e. The maximum absolute atomic E-state index is 6.02. The van der Waals surface area contributed by atoms with Gasteiger partial charge in [-0.3, -0.25) is 0 Å². The summed E-state index contributed by atoms with van der Waals surface area (Å²) in [5.74, 6) is 0. The van der Waals surface area contributed by atoms with Gasteiger partial charge in [0.1, 0.15) is 0 Å². The molecule has 0 saturated carbocycles. The number of nitrogens with one attached hydrogen (secondary N) is 1. The molecule has 1 heterocycles. The largest absolute Gasteiger partial charge is 0.379 e. The number of benzene rings is 1. The monoisotopic (exact) mass is 291 g/mol. The van der Waals surface area contributed by atoms with Gasteiger partial charge in [0.05, 0.1) is 15.0 Å². The molecule has 1 nitrogen and oxygen atoms in total. The van der Waals surface area contributed by atoms with Crippen molar-refractivity contribution >= 4 is 51.8 Å². The van der Waals surface area contributed by atoms with Gasteiger partial charge in [0, 0.05) is 16.4 Å². The van der Waals surface area contributed by atoms with Crippen molar-refractivity contribution in [1.29, 1.82) is 0 Å². The van der Waals surface area contributed by atoms with E-state index in [1.165, 1.54) is 0 Å². The molecule has 84 valence electrons. The number of anilines is 1. The highest BCUT2D eigenvalue weighted by Gasteiger charge is 2.02. The van der Waals surface area contributed by atoms with Crippen molar-refractivity contribution in [2.75, 3.05) is 5.32 Å². The fraction of sp³-hybridized carbons (Fsp3) is 0.0909. The molecule has 0 fully saturated rings. The first-order valence-corrected chi connectivity index (χ1v) is 6.53. The van der Waals surface area contributed by atoms with Gasteiger partial charge >= 0.3 is 0 Å². The van der Waals surface area contributed by atoms with E-state index in [0.717, 1.165) is 14.9 Å². The van der Waals surface area contributed by atoms with Gasteiger partial charge in [0.2, 0.25) is 0 Å². The van der Waals surface area contributed by atoms with Gasteiger partial charge in [0.25, 0.3) is 0 Å². The molecule has 0 spiro atoms. The van der Waals surface area contributed by atoms with Crippen LogP contribution < -0.4 is 5.32 Å². The minimum absolute atomic E-state index is 0.659. The number of thiophene rings is 1. The molecule has 0 atom stereocenters. The minimum Gasteiger partial charge on any atom is -0.379 e. The molecule has 0 bridgehead atoms. The van der Waals surface area contributed by atoms with Crippen LogP contribution in [0.15, 0.2) is 30.3 Å². The second-order valence-corrected chi connectivity index (χ2v) is 5.83. The van der Waals surface area contributed by atoms with E-state index >= 15 is 0 Å². The molecule has 0 radical (unpaired) electrons. The molecule has 1 N–H and O–H groups in total.